The zero-order valence-corrected chi connectivity index (χ0v) is 47.7. The molecule has 380 valence electrons. The van der Waals surface area contributed by atoms with Gasteiger partial charge in [0.15, 0.2) is 0 Å². The summed E-state index contributed by atoms with van der Waals surface area (Å²) in [5, 5.41) is -1.50. The number of esters is 2. The molecule has 2 aromatic carbocycles. The van der Waals surface area contributed by atoms with E-state index < -0.39 is 50.9 Å². The molecule has 2 fully saturated rings. The lowest BCUT2D eigenvalue weighted by molar-refractivity contribution is -0.159. The van der Waals surface area contributed by atoms with Crippen LogP contribution in [0.2, 0.25) is 0 Å². The predicted octanol–water partition coefficient (Wildman–Crippen LogP) is 12.6. The SMILES string of the molecule is CCCCSC(=S)SC1C(=O)N(c2c(C)cc(Cc3cc(C)c(N4C(=O)C(SC(=S)SCCCC)C(C(C)(C)C(=O)OCCCCCCOC(=O)C(C)(C)C)C4=O)c(CC)c3)cc2CC)C(=O)C1C. The fraction of sp³-hybridized carbons (Fsp3) is 0.623. The molecule has 10 nitrogen and oxygen atoms in total. The number of benzene rings is 2. The molecule has 0 aliphatic carbocycles. The Labute approximate surface area is 439 Å². The van der Waals surface area contributed by atoms with Crippen molar-refractivity contribution in [2.75, 3.05) is 34.5 Å². The van der Waals surface area contributed by atoms with Gasteiger partial charge >= 0.3 is 11.9 Å². The summed E-state index contributed by atoms with van der Waals surface area (Å²) in [6, 6.07) is 8.17. The van der Waals surface area contributed by atoms with Crippen molar-refractivity contribution < 1.29 is 38.2 Å². The molecule has 2 heterocycles. The van der Waals surface area contributed by atoms with Gasteiger partial charge in [-0.2, -0.15) is 0 Å². The topological polar surface area (TPSA) is 127 Å². The molecule has 4 unspecified atom stereocenters. The second kappa shape index (κ2) is 26.8. The first kappa shape index (κ1) is 58.8. The minimum absolute atomic E-state index is 0.162. The van der Waals surface area contributed by atoms with Gasteiger partial charge < -0.3 is 9.47 Å². The van der Waals surface area contributed by atoms with Crippen molar-refractivity contribution in [2.45, 2.75) is 164 Å². The average molecular weight is 1060 g/mol. The van der Waals surface area contributed by atoms with Crippen LogP contribution in [0.15, 0.2) is 24.3 Å². The van der Waals surface area contributed by atoms with E-state index in [0.29, 0.717) is 57.1 Å². The van der Waals surface area contributed by atoms with Gasteiger partial charge in [0.25, 0.3) is 0 Å². The van der Waals surface area contributed by atoms with E-state index in [0.717, 1.165) is 83.4 Å². The summed E-state index contributed by atoms with van der Waals surface area (Å²) in [5.41, 5.74) is 4.58. The molecule has 2 saturated heterocycles. The number of carbonyl (C=O) groups excluding carboxylic acids is 6. The number of aryl methyl sites for hydroxylation is 4. The van der Waals surface area contributed by atoms with Crippen molar-refractivity contribution in [3.63, 3.8) is 0 Å². The van der Waals surface area contributed by atoms with Crippen molar-refractivity contribution in [1.29, 1.82) is 0 Å². The van der Waals surface area contributed by atoms with Gasteiger partial charge in [0.1, 0.15) is 17.6 Å². The fourth-order valence-corrected chi connectivity index (χ4v) is 14.3. The van der Waals surface area contributed by atoms with E-state index >= 15 is 0 Å². The molecular formula is C53H74N2O8S6. The van der Waals surface area contributed by atoms with Crippen LogP contribution in [0.3, 0.4) is 0 Å². The maximum Gasteiger partial charge on any atom is 0.312 e. The van der Waals surface area contributed by atoms with Crippen LogP contribution in [-0.4, -0.2) is 77.8 Å². The summed E-state index contributed by atoms with van der Waals surface area (Å²) in [7, 11) is 0. The minimum Gasteiger partial charge on any atom is -0.465 e. The molecule has 0 aromatic heterocycles. The first-order valence-electron chi connectivity index (χ1n) is 24.6. The number of amides is 4. The lowest BCUT2D eigenvalue weighted by Crippen LogP contribution is -2.43. The lowest BCUT2D eigenvalue weighted by atomic mass is 9.77. The number of hydrogen-bond acceptors (Lipinski definition) is 14. The molecule has 4 rings (SSSR count). The first-order chi connectivity index (χ1) is 32.5. The number of thioether (sulfide) groups is 4. The molecule has 4 atom stereocenters. The van der Waals surface area contributed by atoms with Gasteiger partial charge in [0.05, 0.1) is 47.3 Å². The molecule has 0 bridgehead atoms. The molecule has 16 heteroatoms. The fourth-order valence-electron chi connectivity index (χ4n) is 8.61. The van der Waals surface area contributed by atoms with Crippen LogP contribution < -0.4 is 9.80 Å². The van der Waals surface area contributed by atoms with E-state index in [1.54, 1.807) is 25.6 Å². The second-order valence-electron chi connectivity index (χ2n) is 19.7. The Morgan fingerprint density at radius 3 is 1.49 bits per heavy atom. The average Bonchev–Trinajstić information content (AvgIpc) is 3.64. The monoisotopic (exact) mass is 1060 g/mol. The van der Waals surface area contributed by atoms with Crippen molar-refractivity contribution in [3.05, 3.63) is 57.6 Å². The molecule has 2 aliphatic heterocycles. The largest absolute Gasteiger partial charge is 0.465 e. The van der Waals surface area contributed by atoms with Crippen molar-refractivity contribution in [3.8, 4) is 0 Å². The summed E-state index contributed by atoms with van der Waals surface area (Å²) < 4.78 is 12.4. The Bertz CT molecular complexity index is 2240. The minimum atomic E-state index is -1.35. The lowest BCUT2D eigenvalue weighted by Gasteiger charge is -2.30. The second-order valence-corrected chi connectivity index (χ2v) is 26.5. The van der Waals surface area contributed by atoms with Crippen LogP contribution >= 0.6 is 71.5 Å². The predicted molar refractivity (Wildman–Crippen MR) is 298 cm³/mol. The third kappa shape index (κ3) is 14.9. The van der Waals surface area contributed by atoms with Gasteiger partial charge in [-0.05, 0) is 151 Å². The summed E-state index contributed by atoms with van der Waals surface area (Å²) in [6.45, 7) is 23.2. The molecule has 2 aromatic rings. The third-order valence-electron chi connectivity index (χ3n) is 12.6. The van der Waals surface area contributed by atoms with Gasteiger partial charge in [-0.15, -0.1) is 23.5 Å². The van der Waals surface area contributed by atoms with Gasteiger partial charge in [0, 0.05) is 0 Å². The van der Waals surface area contributed by atoms with E-state index in [4.69, 9.17) is 33.9 Å². The zero-order chi connectivity index (χ0) is 51.4. The number of nitrogens with zero attached hydrogens (tertiary/aromatic N) is 2. The molecule has 69 heavy (non-hydrogen) atoms. The highest BCUT2D eigenvalue weighted by Gasteiger charge is 2.59. The van der Waals surface area contributed by atoms with Crippen molar-refractivity contribution in [1.82, 2.24) is 0 Å². The van der Waals surface area contributed by atoms with Crippen LogP contribution in [0.5, 0.6) is 0 Å². The van der Waals surface area contributed by atoms with E-state index in [2.05, 4.69) is 19.9 Å². The highest BCUT2D eigenvalue weighted by atomic mass is 32.2. The third-order valence-corrected chi connectivity index (χ3v) is 18.6. The van der Waals surface area contributed by atoms with Gasteiger partial charge in [-0.1, -0.05) is 120 Å². The van der Waals surface area contributed by atoms with Crippen LogP contribution in [0, 0.1) is 36.5 Å². The smallest absolute Gasteiger partial charge is 0.312 e. The number of ether oxygens (including phenoxy) is 2. The number of imide groups is 2. The first-order valence-corrected chi connectivity index (χ1v) is 29.1. The zero-order valence-electron chi connectivity index (χ0n) is 42.8. The Morgan fingerprint density at radius 1 is 0.609 bits per heavy atom. The quantitative estimate of drug-likeness (QED) is 0.0453. The summed E-state index contributed by atoms with van der Waals surface area (Å²) in [5.74, 6) is -1.93. The van der Waals surface area contributed by atoms with E-state index in [9.17, 15) is 28.8 Å². The van der Waals surface area contributed by atoms with Crippen LogP contribution in [0.25, 0.3) is 0 Å². The number of hydrogen-bond donors (Lipinski definition) is 0. The van der Waals surface area contributed by atoms with E-state index in [1.165, 1.54) is 45.1 Å². The Morgan fingerprint density at radius 2 is 1.04 bits per heavy atom. The molecule has 0 saturated carbocycles. The molecular weight excluding hydrogens is 985 g/mol. The Kier molecular flexibility index (Phi) is 22.8. The normalized spacial score (nSPS) is 18.7. The molecule has 0 spiro atoms. The highest BCUT2D eigenvalue weighted by Crippen LogP contribution is 2.47. The van der Waals surface area contributed by atoms with Crippen molar-refractivity contribution >= 4 is 125 Å². The standard InChI is InChI=1S/C53H74N2O8S6/c1-13-17-25-66-50(64)68-42-34(7)44(56)54(46(42)58)40-32(5)27-35(30-37(40)15-3)29-36-28-33(6)41(38(16-4)31-36)55-45(57)39(43(47(55)59)69-51(65)67-26-18-14-2)53(11,12)49(61)63-24-22-20-19-21-23-62-48(60)52(8,9)10/h27-28,30-31,34,39,42-43H,13-26,29H2,1-12H3. The van der Waals surface area contributed by atoms with Gasteiger partial charge in [-0.25, -0.2) is 9.80 Å². The molecule has 0 N–H and O–H groups in total. The van der Waals surface area contributed by atoms with Crippen LogP contribution in [-0.2, 0) is 57.5 Å². The molecule has 4 amide bonds. The maximum atomic E-state index is 14.9. The van der Waals surface area contributed by atoms with Crippen LogP contribution in [0.4, 0.5) is 11.4 Å². The summed E-state index contributed by atoms with van der Waals surface area (Å²) in [6.07, 6.45) is 8.62. The van der Waals surface area contributed by atoms with E-state index in [1.807, 2.05) is 73.6 Å². The summed E-state index contributed by atoms with van der Waals surface area (Å²) >= 11 is 17.0. The number of carbonyl (C=O) groups is 6. The summed E-state index contributed by atoms with van der Waals surface area (Å²) in [4.78, 5) is 86.1. The van der Waals surface area contributed by atoms with Crippen LogP contribution in [0.1, 0.15) is 154 Å². The Balaban J connectivity index is 1.57. The number of unbranched alkanes of at least 4 members (excludes halogenated alkanes) is 5. The van der Waals surface area contributed by atoms with Gasteiger partial charge in [0.2, 0.25) is 23.6 Å². The van der Waals surface area contributed by atoms with Crippen molar-refractivity contribution in [2.24, 2.45) is 22.7 Å². The Hall–Kier alpha value is -2.76. The molecule has 0 radical (unpaired) electrons. The molecule has 2 aliphatic rings. The number of rotatable bonds is 23. The van der Waals surface area contributed by atoms with Gasteiger partial charge in [-0.3, -0.25) is 28.8 Å². The number of thiocarbonyl (C=S) groups is 2. The number of anilines is 2. The van der Waals surface area contributed by atoms with E-state index in [-0.39, 0.29) is 24.4 Å². The highest BCUT2D eigenvalue weighted by molar-refractivity contribution is 8.48. The maximum absolute atomic E-state index is 14.9.